The van der Waals surface area contributed by atoms with Crippen molar-refractivity contribution in [3.8, 4) is 28.4 Å². The van der Waals surface area contributed by atoms with Crippen molar-refractivity contribution in [3.05, 3.63) is 84.1 Å². The number of ether oxygens (including phenoxy) is 3. The van der Waals surface area contributed by atoms with E-state index in [0.717, 1.165) is 50.3 Å². The van der Waals surface area contributed by atoms with Crippen LogP contribution in [0.4, 0.5) is 0 Å². The molecule has 0 spiro atoms. The second-order valence-electron chi connectivity index (χ2n) is 8.60. The minimum atomic E-state index is -0.151. The summed E-state index contributed by atoms with van der Waals surface area (Å²) in [5.41, 5.74) is 5.49. The van der Waals surface area contributed by atoms with Gasteiger partial charge in [-0.25, -0.2) is 0 Å². The maximum absolute atomic E-state index is 12.7. The molecule has 4 rings (SSSR count). The van der Waals surface area contributed by atoms with Gasteiger partial charge in [-0.2, -0.15) is 0 Å². The van der Waals surface area contributed by atoms with Crippen molar-refractivity contribution in [2.75, 3.05) is 26.9 Å². The number of rotatable bonds is 11. The summed E-state index contributed by atoms with van der Waals surface area (Å²) in [4.78, 5) is 12.7. The van der Waals surface area contributed by atoms with Gasteiger partial charge in [0.15, 0.2) is 0 Å². The SMILES string of the molecule is CCOc1ccc(-c2coc3cc(OCC)c(/C(C)=C/C(=O)NCCc4cccc(OC)c4)cc23)cc1. The quantitative estimate of drug-likeness (QED) is 0.234. The highest BCUT2D eigenvalue weighted by Gasteiger charge is 2.15. The third kappa shape index (κ3) is 6.33. The zero-order valence-corrected chi connectivity index (χ0v) is 21.8. The van der Waals surface area contributed by atoms with Gasteiger partial charge in [0.2, 0.25) is 5.91 Å². The van der Waals surface area contributed by atoms with Crippen molar-refractivity contribution < 1.29 is 23.4 Å². The van der Waals surface area contributed by atoms with Crippen LogP contribution in [0.3, 0.4) is 0 Å². The van der Waals surface area contributed by atoms with Crippen molar-refractivity contribution in [1.82, 2.24) is 5.32 Å². The first-order valence-electron chi connectivity index (χ1n) is 12.5. The molecular formula is C31H33NO5. The van der Waals surface area contributed by atoms with Gasteiger partial charge in [-0.15, -0.1) is 0 Å². The number of allylic oxidation sites excluding steroid dienone is 1. The molecule has 6 nitrogen and oxygen atoms in total. The van der Waals surface area contributed by atoms with Gasteiger partial charge in [0.05, 0.1) is 26.6 Å². The van der Waals surface area contributed by atoms with Crippen LogP contribution in [0.2, 0.25) is 0 Å². The summed E-state index contributed by atoms with van der Waals surface area (Å²) in [7, 11) is 1.65. The summed E-state index contributed by atoms with van der Waals surface area (Å²) in [6.07, 6.45) is 4.09. The molecule has 192 valence electrons. The van der Waals surface area contributed by atoms with Crippen LogP contribution in [0.25, 0.3) is 27.7 Å². The predicted molar refractivity (Wildman–Crippen MR) is 147 cm³/mol. The summed E-state index contributed by atoms with van der Waals surface area (Å²) in [6.45, 7) is 7.47. The molecule has 0 saturated carbocycles. The van der Waals surface area contributed by atoms with Crippen LogP contribution in [-0.4, -0.2) is 32.8 Å². The molecule has 1 heterocycles. The molecule has 0 aliphatic rings. The van der Waals surface area contributed by atoms with Crippen molar-refractivity contribution >= 4 is 22.4 Å². The molecule has 1 N–H and O–H groups in total. The number of methoxy groups -OCH3 is 1. The van der Waals surface area contributed by atoms with E-state index in [2.05, 4.69) is 5.32 Å². The molecule has 0 aliphatic heterocycles. The van der Waals surface area contributed by atoms with Crippen LogP contribution in [0.15, 0.2) is 77.4 Å². The highest BCUT2D eigenvalue weighted by molar-refractivity contribution is 6.00. The third-order valence-corrected chi connectivity index (χ3v) is 6.07. The topological polar surface area (TPSA) is 69.9 Å². The maximum Gasteiger partial charge on any atom is 0.244 e. The number of hydrogen-bond acceptors (Lipinski definition) is 5. The van der Waals surface area contributed by atoms with Crippen LogP contribution in [0.1, 0.15) is 31.9 Å². The van der Waals surface area contributed by atoms with E-state index in [9.17, 15) is 4.79 Å². The molecule has 6 heteroatoms. The fourth-order valence-electron chi connectivity index (χ4n) is 4.24. The van der Waals surface area contributed by atoms with E-state index < -0.39 is 0 Å². The van der Waals surface area contributed by atoms with Gasteiger partial charge in [0.1, 0.15) is 22.8 Å². The molecule has 3 aromatic carbocycles. The minimum absolute atomic E-state index is 0.151. The van der Waals surface area contributed by atoms with Gasteiger partial charge in [-0.3, -0.25) is 4.79 Å². The molecule has 4 aromatic rings. The number of benzene rings is 3. The minimum Gasteiger partial charge on any atom is -0.497 e. The first-order valence-corrected chi connectivity index (χ1v) is 12.5. The average molecular weight is 500 g/mol. The summed E-state index contributed by atoms with van der Waals surface area (Å²) in [5.74, 6) is 2.17. The summed E-state index contributed by atoms with van der Waals surface area (Å²) in [5, 5.41) is 3.93. The van der Waals surface area contributed by atoms with Crippen LogP contribution >= 0.6 is 0 Å². The number of amides is 1. The number of furan rings is 1. The Bertz CT molecular complexity index is 1380. The fraction of sp³-hybridized carbons (Fsp3) is 0.258. The Morgan fingerprint density at radius 2 is 1.76 bits per heavy atom. The lowest BCUT2D eigenvalue weighted by Crippen LogP contribution is -2.23. The number of fused-ring (bicyclic) bond motifs is 1. The summed E-state index contributed by atoms with van der Waals surface area (Å²) in [6, 6.07) is 19.7. The lowest BCUT2D eigenvalue weighted by molar-refractivity contribution is -0.116. The highest BCUT2D eigenvalue weighted by Crippen LogP contribution is 2.38. The Hall–Kier alpha value is -4.19. The lowest BCUT2D eigenvalue weighted by Gasteiger charge is -2.12. The number of carbonyl (C=O) groups excluding carboxylic acids is 1. The molecule has 0 bridgehead atoms. The second-order valence-corrected chi connectivity index (χ2v) is 8.60. The Balaban J connectivity index is 1.55. The monoisotopic (exact) mass is 499 g/mol. The molecular weight excluding hydrogens is 466 g/mol. The molecule has 37 heavy (non-hydrogen) atoms. The first kappa shape index (κ1) is 25.9. The zero-order valence-electron chi connectivity index (χ0n) is 21.8. The van der Waals surface area contributed by atoms with E-state index in [1.807, 2.05) is 81.4 Å². The number of nitrogens with one attached hydrogen (secondary N) is 1. The number of carbonyl (C=O) groups is 1. The molecule has 1 aromatic heterocycles. The molecule has 0 unspecified atom stereocenters. The molecule has 0 fully saturated rings. The normalized spacial score (nSPS) is 11.4. The Labute approximate surface area is 217 Å². The van der Waals surface area contributed by atoms with E-state index in [1.165, 1.54) is 0 Å². The summed E-state index contributed by atoms with van der Waals surface area (Å²) >= 11 is 0. The number of hydrogen-bond donors (Lipinski definition) is 1. The van der Waals surface area contributed by atoms with E-state index >= 15 is 0 Å². The highest BCUT2D eigenvalue weighted by atomic mass is 16.5. The van der Waals surface area contributed by atoms with E-state index in [1.54, 1.807) is 19.4 Å². The fourth-order valence-corrected chi connectivity index (χ4v) is 4.24. The Morgan fingerprint density at radius 3 is 2.49 bits per heavy atom. The second kappa shape index (κ2) is 12.2. The molecule has 0 aliphatic carbocycles. The maximum atomic E-state index is 12.7. The molecule has 1 amide bonds. The molecule has 0 atom stereocenters. The van der Waals surface area contributed by atoms with Gasteiger partial charge < -0.3 is 23.9 Å². The van der Waals surface area contributed by atoms with Gasteiger partial charge in [-0.1, -0.05) is 24.3 Å². The van der Waals surface area contributed by atoms with Crippen LogP contribution in [0.5, 0.6) is 17.2 Å². The van der Waals surface area contributed by atoms with E-state index in [-0.39, 0.29) is 5.91 Å². The van der Waals surface area contributed by atoms with Crippen molar-refractivity contribution in [1.29, 1.82) is 0 Å². The Kier molecular flexibility index (Phi) is 8.52. The summed E-state index contributed by atoms with van der Waals surface area (Å²) < 4.78 is 22.6. The standard InChI is InChI=1S/C31H33NO5/c1-5-35-24-12-10-23(11-13-24)28-20-37-30-19-29(36-6-2)26(18-27(28)30)21(3)16-31(33)32-15-14-22-8-7-9-25(17-22)34-4/h7-13,16-20H,5-6,14-15H2,1-4H3,(H,32,33)/b21-16+. The van der Waals surface area contributed by atoms with Crippen LogP contribution in [-0.2, 0) is 11.2 Å². The van der Waals surface area contributed by atoms with Crippen molar-refractivity contribution in [2.45, 2.75) is 27.2 Å². The van der Waals surface area contributed by atoms with E-state index in [0.29, 0.717) is 31.9 Å². The van der Waals surface area contributed by atoms with Crippen LogP contribution in [0, 0.1) is 0 Å². The van der Waals surface area contributed by atoms with Crippen molar-refractivity contribution in [3.63, 3.8) is 0 Å². The zero-order chi connectivity index (χ0) is 26.2. The Morgan fingerprint density at radius 1 is 0.973 bits per heavy atom. The first-order chi connectivity index (χ1) is 18.0. The molecule has 0 radical (unpaired) electrons. The lowest BCUT2D eigenvalue weighted by atomic mass is 9.99. The largest absolute Gasteiger partial charge is 0.497 e. The van der Waals surface area contributed by atoms with Gasteiger partial charge in [-0.05, 0) is 74.2 Å². The van der Waals surface area contributed by atoms with Gasteiger partial charge >= 0.3 is 0 Å². The smallest absolute Gasteiger partial charge is 0.244 e. The van der Waals surface area contributed by atoms with Gasteiger partial charge in [0.25, 0.3) is 0 Å². The van der Waals surface area contributed by atoms with Crippen LogP contribution < -0.4 is 19.5 Å². The predicted octanol–water partition coefficient (Wildman–Crippen LogP) is 6.67. The van der Waals surface area contributed by atoms with E-state index in [4.69, 9.17) is 18.6 Å². The van der Waals surface area contributed by atoms with Gasteiger partial charge in [0, 0.05) is 35.2 Å². The average Bonchev–Trinajstić information content (AvgIpc) is 3.32. The van der Waals surface area contributed by atoms with Crippen molar-refractivity contribution in [2.24, 2.45) is 0 Å². The third-order valence-electron chi connectivity index (χ3n) is 6.07. The molecule has 0 saturated heterocycles.